The second-order valence-electron chi connectivity index (χ2n) is 5.32. The lowest BCUT2D eigenvalue weighted by Gasteiger charge is -2.39. The number of aliphatic carboxylic acids is 1. The molecule has 98 valence electrons. The summed E-state index contributed by atoms with van der Waals surface area (Å²) >= 11 is 3.53. The minimum atomic E-state index is -0.696. The van der Waals surface area contributed by atoms with E-state index in [9.17, 15) is 9.90 Å². The molecular weight excluding hydrogens is 294 g/mol. The van der Waals surface area contributed by atoms with Gasteiger partial charge in [-0.1, -0.05) is 22.0 Å². The Morgan fingerprint density at radius 2 is 2.22 bits per heavy atom. The van der Waals surface area contributed by atoms with E-state index in [0.29, 0.717) is 6.54 Å². The van der Waals surface area contributed by atoms with E-state index in [1.54, 1.807) is 0 Å². The summed E-state index contributed by atoms with van der Waals surface area (Å²) in [6.07, 6.45) is 1.68. The standard InChI is InChI=1S/C14H18BrNO2/c1-10-4-5-11(8-12(10)15)16-7-3-6-14(2,9-16)13(17)18/h4-5,8H,3,6-7,9H2,1-2H3,(H,17,18). The van der Waals surface area contributed by atoms with Crippen molar-refractivity contribution >= 4 is 27.6 Å². The molecule has 0 aromatic heterocycles. The lowest BCUT2D eigenvalue weighted by Crippen LogP contribution is -2.46. The van der Waals surface area contributed by atoms with Crippen LogP contribution in [0.2, 0.25) is 0 Å². The smallest absolute Gasteiger partial charge is 0.311 e. The number of rotatable bonds is 2. The van der Waals surface area contributed by atoms with Gasteiger partial charge in [-0.2, -0.15) is 0 Å². The molecule has 4 heteroatoms. The Balaban J connectivity index is 2.23. The average molecular weight is 312 g/mol. The zero-order valence-corrected chi connectivity index (χ0v) is 12.3. The predicted octanol–water partition coefficient (Wildman–Crippen LogP) is 3.45. The first-order valence-electron chi connectivity index (χ1n) is 6.17. The molecule has 1 atom stereocenters. The monoisotopic (exact) mass is 311 g/mol. The van der Waals surface area contributed by atoms with Crippen LogP contribution in [0.15, 0.2) is 22.7 Å². The molecule has 1 fully saturated rings. The normalized spacial score (nSPS) is 24.1. The maximum atomic E-state index is 11.3. The first-order chi connectivity index (χ1) is 8.42. The second-order valence-corrected chi connectivity index (χ2v) is 6.18. The van der Waals surface area contributed by atoms with Gasteiger partial charge < -0.3 is 10.0 Å². The third-order valence-corrected chi connectivity index (χ3v) is 4.59. The molecule has 18 heavy (non-hydrogen) atoms. The van der Waals surface area contributed by atoms with Gasteiger partial charge in [0.1, 0.15) is 0 Å². The number of carboxylic acids is 1. The van der Waals surface area contributed by atoms with Crippen molar-refractivity contribution in [3.8, 4) is 0 Å². The van der Waals surface area contributed by atoms with Crippen LogP contribution in [-0.2, 0) is 4.79 Å². The van der Waals surface area contributed by atoms with Crippen molar-refractivity contribution in [2.75, 3.05) is 18.0 Å². The van der Waals surface area contributed by atoms with Crippen molar-refractivity contribution in [1.29, 1.82) is 0 Å². The van der Waals surface area contributed by atoms with Gasteiger partial charge in [0.25, 0.3) is 0 Å². The van der Waals surface area contributed by atoms with Crippen molar-refractivity contribution in [1.82, 2.24) is 0 Å². The number of halogens is 1. The van der Waals surface area contributed by atoms with Crippen LogP contribution in [0.1, 0.15) is 25.3 Å². The highest BCUT2D eigenvalue weighted by Crippen LogP contribution is 2.33. The van der Waals surface area contributed by atoms with Crippen LogP contribution in [-0.4, -0.2) is 24.2 Å². The van der Waals surface area contributed by atoms with E-state index in [1.165, 1.54) is 5.56 Å². The van der Waals surface area contributed by atoms with Gasteiger partial charge in [0.2, 0.25) is 0 Å². The topological polar surface area (TPSA) is 40.5 Å². The zero-order chi connectivity index (χ0) is 13.3. The molecule has 0 saturated carbocycles. The number of hydrogen-bond acceptors (Lipinski definition) is 2. The van der Waals surface area contributed by atoms with Gasteiger partial charge in [-0.15, -0.1) is 0 Å². The third-order valence-electron chi connectivity index (χ3n) is 3.73. The van der Waals surface area contributed by atoms with E-state index < -0.39 is 11.4 Å². The largest absolute Gasteiger partial charge is 0.481 e. The molecule has 1 aromatic rings. The van der Waals surface area contributed by atoms with Gasteiger partial charge in [0.05, 0.1) is 5.41 Å². The number of benzene rings is 1. The third kappa shape index (κ3) is 2.53. The summed E-state index contributed by atoms with van der Waals surface area (Å²) in [5, 5.41) is 9.32. The lowest BCUT2D eigenvalue weighted by molar-refractivity contribution is -0.148. The van der Waals surface area contributed by atoms with Crippen molar-refractivity contribution < 1.29 is 9.90 Å². The lowest BCUT2D eigenvalue weighted by atomic mass is 9.82. The summed E-state index contributed by atoms with van der Waals surface area (Å²) in [6, 6.07) is 6.20. The van der Waals surface area contributed by atoms with Crippen molar-refractivity contribution in [3.05, 3.63) is 28.2 Å². The summed E-state index contributed by atoms with van der Waals surface area (Å²) in [5.41, 5.74) is 1.66. The molecule has 1 aliphatic heterocycles. The highest BCUT2D eigenvalue weighted by Gasteiger charge is 2.37. The maximum Gasteiger partial charge on any atom is 0.311 e. The molecule has 2 rings (SSSR count). The fourth-order valence-corrected chi connectivity index (χ4v) is 2.78. The Labute approximate surface area is 116 Å². The molecule has 0 bridgehead atoms. The van der Waals surface area contributed by atoms with E-state index in [0.717, 1.165) is 29.5 Å². The Hall–Kier alpha value is -1.03. The van der Waals surface area contributed by atoms with Gasteiger partial charge in [-0.25, -0.2) is 0 Å². The van der Waals surface area contributed by atoms with Gasteiger partial charge in [-0.3, -0.25) is 4.79 Å². The van der Waals surface area contributed by atoms with Crippen LogP contribution in [0.4, 0.5) is 5.69 Å². The van der Waals surface area contributed by atoms with Crippen LogP contribution in [0, 0.1) is 12.3 Å². The molecular formula is C14H18BrNO2. The molecule has 0 amide bonds. The number of nitrogens with zero attached hydrogens (tertiary/aromatic N) is 1. The SMILES string of the molecule is Cc1ccc(N2CCCC(C)(C(=O)O)C2)cc1Br. The minimum Gasteiger partial charge on any atom is -0.481 e. The van der Waals surface area contributed by atoms with Gasteiger partial charge in [-0.05, 0) is 44.4 Å². The molecule has 0 aliphatic carbocycles. The summed E-state index contributed by atoms with van der Waals surface area (Å²) in [5.74, 6) is -0.696. The number of anilines is 1. The Morgan fingerprint density at radius 3 is 2.83 bits per heavy atom. The molecule has 1 aliphatic rings. The highest BCUT2D eigenvalue weighted by molar-refractivity contribution is 9.10. The second kappa shape index (κ2) is 4.92. The van der Waals surface area contributed by atoms with Crippen LogP contribution in [0.25, 0.3) is 0 Å². The van der Waals surface area contributed by atoms with Crippen LogP contribution in [0.5, 0.6) is 0 Å². The number of carboxylic acid groups (broad SMARTS) is 1. The molecule has 0 radical (unpaired) electrons. The Kier molecular flexibility index (Phi) is 3.66. The minimum absolute atomic E-state index is 0.581. The van der Waals surface area contributed by atoms with E-state index in [1.807, 2.05) is 13.8 Å². The number of hydrogen-bond donors (Lipinski definition) is 1. The summed E-state index contributed by atoms with van der Waals surface area (Å²) in [4.78, 5) is 13.5. The predicted molar refractivity (Wildman–Crippen MR) is 76.1 cm³/mol. The van der Waals surface area contributed by atoms with E-state index >= 15 is 0 Å². The van der Waals surface area contributed by atoms with Gasteiger partial charge in [0, 0.05) is 23.2 Å². The quantitative estimate of drug-likeness (QED) is 0.909. The molecule has 1 aromatic carbocycles. The van der Waals surface area contributed by atoms with E-state index in [4.69, 9.17) is 0 Å². The number of piperidine rings is 1. The maximum absolute atomic E-state index is 11.3. The molecule has 3 nitrogen and oxygen atoms in total. The highest BCUT2D eigenvalue weighted by atomic mass is 79.9. The molecule has 1 heterocycles. The molecule has 0 spiro atoms. The van der Waals surface area contributed by atoms with Crippen molar-refractivity contribution in [2.24, 2.45) is 5.41 Å². The fourth-order valence-electron chi connectivity index (χ4n) is 2.41. The van der Waals surface area contributed by atoms with Crippen molar-refractivity contribution in [2.45, 2.75) is 26.7 Å². The Bertz CT molecular complexity index is 475. The van der Waals surface area contributed by atoms with Crippen LogP contribution >= 0.6 is 15.9 Å². The number of aryl methyl sites for hydroxylation is 1. The summed E-state index contributed by atoms with van der Waals surface area (Å²) < 4.78 is 1.07. The van der Waals surface area contributed by atoms with E-state index in [-0.39, 0.29) is 0 Å². The first-order valence-corrected chi connectivity index (χ1v) is 6.96. The van der Waals surface area contributed by atoms with Crippen LogP contribution < -0.4 is 4.90 Å². The number of carbonyl (C=O) groups is 1. The van der Waals surface area contributed by atoms with Crippen LogP contribution in [0.3, 0.4) is 0 Å². The van der Waals surface area contributed by atoms with Crippen molar-refractivity contribution in [3.63, 3.8) is 0 Å². The Morgan fingerprint density at radius 1 is 1.50 bits per heavy atom. The fraction of sp³-hybridized carbons (Fsp3) is 0.500. The molecule has 1 unspecified atom stereocenters. The molecule has 1 saturated heterocycles. The summed E-state index contributed by atoms with van der Waals surface area (Å²) in [7, 11) is 0. The molecule has 1 N–H and O–H groups in total. The van der Waals surface area contributed by atoms with Gasteiger partial charge in [0.15, 0.2) is 0 Å². The zero-order valence-electron chi connectivity index (χ0n) is 10.7. The van der Waals surface area contributed by atoms with E-state index in [2.05, 4.69) is 39.0 Å². The first kappa shape index (κ1) is 13.4. The average Bonchev–Trinajstić information content (AvgIpc) is 2.32. The van der Waals surface area contributed by atoms with Gasteiger partial charge >= 0.3 is 5.97 Å². The summed E-state index contributed by atoms with van der Waals surface area (Å²) in [6.45, 7) is 5.40.